The fourth-order valence-electron chi connectivity index (χ4n) is 4.48. The Kier molecular flexibility index (Phi) is 8.73. The standard InChI is InChI=1S/C30H33N5O2S/c1-2-26-19-28(35-15-13-34(14-16-35)21-23-8-4-3-5-9-23)33-30(32-26)38-22-24-10-6-11-25(18-24)29(36)31-20-27-12-7-17-37-27/h3-12,17-19H,2,13-16,20-22H2,1H3,(H,31,36). The van der Waals surface area contributed by atoms with E-state index in [1.807, 2.05) is 36.4 Å². The molecular formula is C30H33N5O2S. The fraction of sp³-hybridized carbons (Fsp3) is 0.300. The van der Waals surface area contributed by atoms with Gasteiger partial charge in [0.15, 0.2) is 5.16 Å². The van der Waals surface area contributed by atoms with Crippen molar-refractivity contribution >= 4 is 23.5 Å². The summed E-state index contributed by atoms with van der Waals surface area (Å²) >= 11 is 1.61. The second-order valence-corrected chi connectivity index (χ2v) is 10.3. The van der Waals surface area contributed by atoms with Gasteiger partial charge >= 0.3 is 0 Å². The molecule has 1 aliphatic heterocycles. The number of piperazine rings is 1. The van der Waals surface area contributed by atoms with Crippen LogP contribution in [-0.4, -0.2) is 47.0 Å². The number of benzene rings is 2. The summed E-state index contributed by atoms with van der Waals surface area (Å²) in [6.45, 7) is 7.41. The summed E-state index contributed by atoms with van der Waals surface area (Å²) in [5.74, 6) is 2.30. The summed E-state index contributed by atoms with van der Waals surface area (Å²) in [7, 11) is 0. The summed E-state index contributed by atoms with van der Waals surface area (Å²) in [6.07, 6.45) is 2.47. The van der Waals surface area contributed by atoms with Gasteiger partial charge in [-0.3, -0.25) is 9.69 Å². The first-order valence-corrected chi connectivity index (χ1v) is 14.1. The van der Waals surface area contributed by atoms with Crippen LogP contribution in [0.15, 0.2) is 88.6 Å². The van der Waals surface area contributed by atoms with Gasteiger partial charge < -0.3 is 14.6 Å². The number of nitrogens with one attached hydrogen (secondary N) is 1. The Morgan fingerprint density at radius 1 is 0.947 bits per heavy atom. The first kappa shape index (κ1) is 26.0. The summed E-state index contributed by atoms with van der Waals surface area (Å²) in [5, 5.41) is 3.68. The van der Waals surface area contributed by atoms with Crippen molar-refractivity contribution in [3.05, 3.63) is 107 Å². The van der Waals surface area contributed by atoms with Crippen molar-refractivity contribution < 1.29 is 9.21 Å². The average Bonchev–Trinajstić information content (AvgIpc) is 3.49. The molecule has 0 saturated carbocycles. The topological polar surface area (TPSA) is 74.5 Å². The Hall–Kier alpha value is -3.62. The van der Waals surface area contributed by atoms with Crippen LogP contribution in [0.3, 0.4) is 0 Å². The Labute approximate surface area is 228 Å². The quantitative estimate of drug-likeness (QED) is 0.225. The van der Waals surface area contributed by atoms with E-state index < -0.39 is 0 Å². The highest BCUT2D eigenvalue weighted by Crippen LogP contribution is 2.24. The molecule has 0 spiro atoms. The summed E-state index contributed by atoms with van der Waals surface area (Å²) in [5.41, 5.74) is 4.10. The number of rotatable bonds is 10. The van der Waals surface area contributed by atoms with Crippen LogP contribution in [0.25, 0.3) is 0 Å². The van der Waals surface area contributed by atoms with Gasteiger partial charge in [0, 0.05) is 55.8 Å². The molecule has 1 saturated heterocycles. The zero-order chi connectivity index (χ0) is 26.2. The van der Waals surface area contributed by atoms with Crippen molar-refractivity contribution in [2.75, 3.05) is 31.1 Å². The molecule has 2 aromatic carbocycles. The number of amides is 1. The highest BCUT2D eigenvalue weighted by atomic mass is 32.2. The molecule has 1 amide bonds. The van der Waals surface area contributed by atoms with Gasteiger partial charge in [0.25, 0.3) is 5.91 Å². The van der Waals surface area contributed by atoms with Crippen LogP contribution in [0.1, 0.15) is 39.9 Å². The van der Waals surface area contributed by atoms with Crippen molar-refractivity contribution in [2.24, 2.45) is 0 Å². The van der Waals surface area contributed by atoms with Crippen LogP contribution in [-0.2, 0) is 25.3 Å². The maximum Gasteiger partial charge on any atom is 0.251 e. The largest absolute Gasteiger partial charge is 0.467 e. The Bertz CT molecular complexity index is 1320. The van der Waals surface area contributed by atoms with Gasteiger partial charge in [0.05, 0.1) is 12.8 Å². The van der Waals surface area contributed by atoms with Crippen LogP contribution in [0.4, 0.5) is 5.82 Å². The second-order valence-electron chi connectivity index (χ2n) is 9.35. The summed E-state index contributed by atoms with van der Waals surface area (Å²) < 4.78 is 5.29. The highest BCUT2D eigenvalue weighted by Gasteiger charge is 2.19. The molecule has 38 heavy (non-hydrogen) atoms. The molecule has 4 aromatic rings. The van der Waals surface area contributed by atoms with Gasteiger partial charge in [-0.05, 0) is 41.8 Å². The van der Waals surface area contributed by atoms with E-state index in [1.165, 1.54) is 5.56 Å². The number of hydrogen-bond donors (Lipinski definition) is 1. The molecular weight excluding hydrogens is 494 g/mol. The minimum Gasteiger partial charge on any atom is -0.467 e. The lowest BCUT2D eigenvalue weighted by Gasteiger charge is -2.35. The van der Waals surface area contributed by atoms with Crippen LogP contribution in [0.2, 0.25) is 0 Å². The SMILES string of the molecule is CCc1cc(N2CCN(Cc3ccccc3)CC2)nc(SCc2cccc(C(=O)NCc3ccco3)c2)n1. The molecule has 1 fully saturated rings. The molecule has 1 N–H and O–H groups in total. The number of carbonyl (C=O) groups is 1. The molecule has 5 rings (SSSR count). The first-order chi connectivity index (χ1) is 18.7. The molecule has 8 heteroatoms. The van der Waals surface area contributed by atoms with Crippen LogP contribution in [0.5, 0.6) is 0 Å². The maximum atomic E-state index is 12.6. The highest BCUT2D eigenvalue weighted by molar-refractivity contribution is 7.98. The van der Waals surface area contributed by atoms with E-state index in [0.29, 0.717) is 17.9 Å². The maximum absolute atomic E-state index is 12.6. The van der Waals surface area contributed by atoms with Crippen molar-refractivity contribution in [3.8, 4) is 0 Å². The minimum absolute atomic E-state index is 0.119. The average molecular weight is 528 g/mol. The Balaban J connectivity index is 1.18. The predicted octanol–water partition coefficient (Wildman–Crippen LogP) is 5.18. The van der Waals surface area contributed by atoms with Crippen molar-refractivity contribution in [1.82, 2.24) is 20.2 Å². The lowest BCUT2D eigenvalue weighted by atomic mass is 10.1. The zero-order valence-corrected chi connectivity index (χ0v) is 22.5. The van der Waals surface area contributed by atoms with Gasteiger partial charge in [-0.1, -0.05) is 61.2 Å². The van der Waals surface area contributed by atoms with Gasteiger partial charge in [-0.25, -0.2) is 9.97 Å². The summed E-state index contributed by atoms with van der Waals surface area (Å²) in [6, 6.07) is 24.1. The number of carbonyl (C=O) groups excluding carboxylic acids is 1. The normalized spacial score (nSPS) is 14.0. The van der Waals surface area contributed by atoms with E-state index in [1.54, 1.807) is 18.0 Å². The lowest BCUT2D eigenvalue weighted by molar-refractivity contribution is 0.0948. The van der Waals surface area contributed by atoms with Crippen molar-refractivity contribution in [2.45, 2.75) is 37.3 Å². The fourth-order valence-corrected chi connectivity index (χ4v) is 5.29. The molecule has 0 atom stereocenters. The molecule has 0 bridgehead atoms. The smallest absolute Gasteiger partial charge is 0.251 e. The lowest BCUT2D eigenvalue weighted by Crippen LogP contribution is -2.46. The first-order valence-electron chi connectivity index (χ1n) is 13.1. The zero-order valence-electron chi connectivity index (χ0n) is 21.7. The Morgan fingerprint density at radius 2 is 1.76 bits per heavy atom. The van der Waals surface area contributed by atoms with Gasteiger partial charge in [-0.15, -0.1) is 0 Å². The molecule has 0 aliphatic carbocycles. The number of aryl methyl sites for hydroxylation is 1. The number of nitrogens with zero attached hydrogens (tertiary/aromatic N) is 4. The van der Waals surface area contributed by atoms with E-state index in [-0.39, 0.29) is 5.91 Å². The molecule has 1 aliphatic rings. The molecule has 3 heterocycles. The van der Waals surface area contributed by atoms with Crippen LogP contribution in [0, 0.1) is 0 Å². The predicted molar refractivity (Wildman–Crippen MR) is 151 cm³/mol. The van der Waals surface area contributed by atoms with E-state index in [2.05, 4.69) is 58.4 Å². The third-order valence-electron chi connectivity index (χ3n) is 6.61. The molecule has 196 valence electrons. The monoisotopic (exact) mass is 527 g/mol. The molecule has 0 radical (unpaired) electrons. The van der Waals surface area contributed by atoms with E-state index >= 15 is 0 Å². The third kappa shape index (κ3) is 7.02. The van der Waals surface area contributed by atoms with Crippen molar-refractivity contribution in [3.63, 3.8) is 0 Å². The van der Waals surface area contributed by atoms with Gasteiger partial charge in [0.1, 0.15) is 11.6 Å². The van der Waals surface area contributed by atoms with E-state index in [9.17, 15) is 4.79 Å². The van der Waals surface area contributed by atoms with E-state index in [0.717, 1.165) is 67.1 Å². The number of anilines is 1. The minimum atomic E-state index is -0.119. The second kappa shape index (κ2) is 12.8. The third-order valence-corrected chi connectivity index (χ3v) is 7.53. The number of furan rings is 1. The van der Waals surface area contributed by atoms with Crippen LogP contribution >= 0.6 is 11.8 Å². The number of aromatic nitrogens is 2. The molecule has 2 aromatic heterocycles. The van der Waals surface area contributed by atoms with E-state index in [4.69, 9.17) is 14.4 Å². The van der Waals surface area contributed by atoms with Gasteiger partial charge in [-0.2, -0.15) is 0 Å². The van der Waals surface area contributed by atoms with Crippen molar-refractivity contribution in [1.29, 1.82) is 0 Å². The van der Waals surface area contributed by atoms with Gasteiger partial charge in [0.2, 0.25) is 0 Å². The van der Waals surface area contributed by atoms with Crippen LogP contribution < -0.4 is 10.2 Å². The number of thioether (sulfide) groups is 1. The molecule has 0 unspecified atom stereocenters. The number of hydrogen-bond acceptors (Lipinski definition) is 7. The Morgan fingerprint density at radius 3 is 2.53 bits per heavy atom. The molecule has 7 nitrogen and oxygen atoms in total. The summed E-state index contributed by atoms with van der Waals surface area (Å²) in [4.78, 5) is 27.2.